The minimum atomic E-state index is -0.593. The fourth-order valence-corrected chi connectivity index (χ4v) is 2.91. The Morgan fingerprint density at radius 2 is 1.65 bits per heavy atom. The number of benzene rings is 1. The van der Waals surface area contributed by atoms with E-state index in [1.54, 1.807) is 28.0 Å². The highest BCUT2D eigenvalue weighted by Crippen LogP contribution is 2.24. The van der Waals surface area contributed by atoms with Gasteiger partial charge in [-0.25, -0.2) is 0 Å². The monoisotopic (exact) mass is 376 g/mol. The van der Waals surface area contributed by atoms with Crippen molar-refractivity contribution in [3.63, 3.8) is 0 Å². The summed E-state index contributed by atoms with van der Waals surface area (Å²) < 4.78 is 0. The van der Waals surface area contributed by atoms with E-state index in [9.17, 15) is 9.59 Å². The van der Waals surface area contributed by atoms with Crippen LogP contribution >= 0.6 is 34.8 Å². The summed E-state index contributed by atoms with van der Waals surface area (Å²) in [6, 6.07) is 4.83. The lowest BCUT2D eigenvalue weighted by Crippen LogP contribution is -2.53. The maximum Gasteiger partial charge on any atom is 0.255 e. The van der Waals surface area contributed by atoms with E-state index in [-0.39, 0.29) is 17.7 Å². The summed E-state index contributed by atoms with van der Waals surface area (Å²) in [5.74, 6) is 0.116. The number of alkyl halides is 1. The maximum absolute atomic E-state index is 12.6. The van der Waals surface area contributed by atoms with Gasteiger partial charge in [-0.15, -0.1) is 11.6 Å². The van der Waals surface area contributed by atoms with Crippen LogP contribution in [0, 0.1) is 5.41 Å². The van der Waals surface area contributed by atoms with Crippen LogP contribution in [0.25, 0.3) is 0 Å². The number of carbonyl (C=O) groups is 2. The van der Waals surface area contributed by atoms with Crippen LogP contribution in [-0.4, -0.2) is 53.7 Å². The number of halogens is 3. The van der Waals surface area contributed by atoms with Crippen molar-refractivity contribution in [3.05, 3.63) is 33.8 Å². The standard InChI is InChI=1S/C16H19Cl3N2O2/c1-16(2,10-17)15(23)21-7-5-20(6-8-21)14(22)12-9-11(18)3-4-13(12)19/h3-4,9H,5-8,10H2,1-2H3. The van der Waals surface area contributed by atoms with Gasteiger partial charge in [-0.1, -0.05) is 23.2 Å². The Bertz CT molecular complexity index is 611. The Morgan fingerprint density at radius 1 is 1.09 bits per heavy atom. The first kappa shape index (κ1) is 18.4. The van der Waals surface area contributed by atoms with Crippen molar-refractivity contribution in [1.29, 1.82) is 0 Å². The Labute approximate surface area is 151 Å². The zero-order valence-corrected chi connectivity index (χ0v) is 15.4. The van der Waals surface area contributed by atoms with Gasteiger partial charge in [-0.2, -0.15) is 0 Å². The third-order valence-electron chi connectivity index (χ3n) is 3.93. The highest BCUT2D eigenvalue weighted by atomic mass is 35.5. The van der Waals surface area contributed by atoms with Crippen molar-refractivity contribution in [3.8, 4) is 0 Å². The molecule has 0 unspecified atom stereocenters. The molecule has 0 radical (unpaired) electrons. The first-order chi connectivity index (χ1) is 10.8. The van der Waals surface area contributed by atoms with Gasteiger partial charge in [-0.3, -0.25) is 9.59 Å². The average Bonchev–Trinajstić information content (AvgIpc) is 2.55. The highest BCUT2D eigenvalue weighted by molar-refractivity contribution is 6.35. The molecule has 2 amide bonds. The van der Waals surface area contributed by atoms with Gasteiger partial charge in [0.25, 0.3) is 5.91 Å². The maximum atomic E-state index is 12.6. The molecular weight excluding hydrogens is 359 g/mol. The van der Waals surface area contributed by atoms with Crippen molar-refractivity contribution in [2.24, 2.45) is 5.41 Å². The number of rotatable bonds is 3. The molecule has 2 rings (SSSR count). The van der Waals surface area contributed by atoms with Crippen LogP contribution in [0.3, 0.4) is 0 Å². The summed E-state index contributed by atoms with van der Waals surface area (Å²) in [7, 11) is 0. The molecule has 1 aromatic rings. The molecule has 23 heavy (non-hydrogen) atoms. The molecule has 0 aliphatic carbocycles. The molecule has 126 valence electrons. The van der Waals surface area contributed by atoms with Crippen LogP contribution in [0.4, 0.5) is 0 Å². The van der Waals surface area contributed by atoms with Crippen molar-refractivity contribution in [2.75, 3.05) is 32.1 Å². The summed E-state index contributed by atoms with van der Waals surface area (Å²) in [6.07, 6.45) is 0. The normalized spacial score (nSPS) is 15.7. The third-order valence-corrected chi connectivity index (χ3v) is 5.16. The topological polar surface area (TPSA) is 40.6 Å². The number of carbonyl (C=O) groups excluding carboxylic acids is 2. The molecule has 0 atom stereocenters. The molecule has 0 bridgehead atoms. The summed E-state index contributed by atoms with van der Waals surface area (Å²) >= 11 is 17.9. The average molecular weight is 378 g/mol. The molecular formula is C16H19Cl3N2O2. The number of piperazine rings is 1. The molecule has 0 N–H and O–H groups in total. The molecule has 1 fully saturated rings. The minimum Gasteiger partial charge on any atom is -0.339 e. The number of hydrogen-bond acceptors (Lipinski definition) is 2. The smallest absolute Gasteiger partial charge is 0.255 e. The summed E-state index contributed by atoms with van der Waals surface area (Å²) in [5, 5.41) is 0.844. The Kier molecular flexibility index (Phi) is 5.82. The largest absolute Gasteiger partial charge is 0.339 e. The van der Waals surface area contributed by atoms with Crippen LogP contribution in [0.1, 0.15) is 24.2 Å². The number of hydrogen-bond donors (Lipinski definition) is 0. The molecule has 1 aliphatic rings. The minimum absolute atomic E-state index is 0.0142. The van der Waals surface area contributed by atoms with Crippen molar-refractivity contribution in [2.45, 2.75) is 13.8 Å². The fraction of sp³-hybridized carbons (Fsp3) is 0.500. The fourth-order valence-electron chi connectivity index (χ4n) is 2.43. The van der Waals surface area contributed by atoms with E-state index in [1.165, 1.54) is 0 Å². The number of amides is 2. The lowest BCUT2D eigenvalue weighted by atomic mass is 9.94. The van der Waals surface area contributed by atoms with Gasteiger partial charge in [-0.05, 0) is 32.0 Å². The van der Waals surface area contributed by atoms with E-state index in [1.807, 2.05) is 13.8 Å². The molecule has 0 spiro atoms. The molecule has 4 nitrogen and oxygen atoms in total. The molecule has 1 saturated heterocycles. The van der Waals surface area contributed by atoms with Crippen molar-refractivity contribution < 1.29 is 9.59 Å². The number of nitrogens with zero attached hydrogens (tertiary/aromatic N) is 2. The van der Waals surface area contributed by atoms with Gasteiger partial charge in [0, 0.05) is 37.1 Å². The molecule has 1 aliphatic heterocycles. The highest BCUT2D eigenvalue weighted by Gasteiger charge is 2.34. The zero-order chi connectivity index (χ0) is 17.2. The van der Waals surface area contributed by atoms with E-state index >= 15 is 0 Å². The third kappa shape index (κ3) is 4.11. The van der Waals surface area contributed by atoms with Crippen LogP contribution < -0.4 is 0 Å². The first-order valence-corrected chi connectivity index (χ1v) is 8.65. The van der Waals surface area contributed by atoms with Gasteiger partial charge in [0.2, 0.25) is 5.91 Å². The van der Waals surface area contributed by atoms with Crippen LogP contribution in [0.15, 0.2) is 18.2 Å². The van der Waals surface area contributed by atoms with Gasteiger partial charge < -0.3 is 9.80 Å². The second-order valence-corrected chi connectivity index (χ2v) is 7.34. The van der Waals surface area contributed by atoms with Crippen LogP contribution in [0.2, 0.25) is 10.0 Å². The predicted molar refractivity (Wildman–Crippen MR) is 93.4 cm³/mol. The summed E-state index contributed by atoms with van der Waals surface area (Å²) in [5.41, 5.74) is -0.204. The summed E-state index contributed by atoms with van der Waals surface area (Å²) in [4.78, 5) is 28.4. The lowest BCUT2D eigenvalue weighted by molar-refractivity contribution is -0.140. The van der Waals surface area contributed by atoms with E-state index in [4.69, 9.17) is 34.8 Å². The SMILES string of the molecule is CC(C)(CCl)C(=O)N1CCN(C(=O)c2cc(Cl)ccc2Cl)CC1. The quantitative estimate of drug-likeness (QED) is 0.756. The molecule has 7 heteroatoms. The van der Waals surface area contributed by atoms with Crippen LogP contribution in [0.5, 0.6) is 0 Å². The Balaban J connectivity index is 2.03. The molecule has 1 heterocycles. The van der Waals surface area contributed by atoms with E-state index in [0.717, 1.165) is 0 Å². The van der Waals surface area contributed by atoms with E-state index in [0.29, 0.717) is 41.8 Å². The predicted octanol–water partition coefficient (Wildman–Crippen LogP) is 3.54. The second kappa shape index (κ2) is 7.29. The molecule has 1 aromatic carbocycles. The van der Waals surface area contributed by atoms with Gasteiger partial charge in [0.1, 0.15) is 0 Å². The lowest BCUT2D eigenvalue weighted by Gasteiger charge is -2.38. The van der Waals surface area contributed by atoms with Gasteiger partial charge >= 0.3 is 0 Å². The van der Waals surface area contributed by atoms with Gasteiger partial charge in [0.05, 0.1) is 16.0 Å². The van der Waals surface area contributed by atoms with Crippen molar-refractivity contribution >= 4 is 46.6 Å². The second-order valence-electron chi connectivity index (χ2n) is 6.23. The van der Waals surface area contributed by atoms with Crippen molar-refractivity contribution in [1.82, 2.24) is 9.80 Å². The summed E-state index contributed by atoms with van der Waals surface area (Å²) in [6.45, 7) is 5.56. The molecule has 0 aromatic heterocycles. The first-order valence-electron chi connectivity index (χ1n) is 7.36. The molecule has 0 saturated carbocycles. The van der Waals surface area contributed by atoms with Crippen LogP contribution in [-0.2, 0) is 4.79 Å². The zero-order valence-electron chi connectivity index (χ0n) is 13.1. The Hall–Kier alpha value is -0.970. The van der Waals surface area contributed by atoms with E-state index < -0.39 is 5.41 Å². The van der Waals surface area contributed by atoms with Gasteiger partial charge in [0.15, 0.2) is 0 Å². The van der Waals surface area contributed by atoms with E-state index in [2.05, 4.69) is 0 Å². The Morgan fingerprint density at radius 3 is 2.22 bits per heavy atom.